The predicted molar refractivity (Wildman–Crippen MR) is 44.9 cm³/mol. The van der Waals surface area contributed by atoms with Gasteiger partial charge in [-0.1, -0.05) is 11.6 Å². The minimum absolute atomic E-state index is 0.499. The molecule has 0 bridgehead atoms. The lowest BCUT2D eigenvalue weighted by Gasteiger charge is -1.95. The molecule has 2 aromatic rings. The van der Waals surface area contributed by atoms with E-state index in [2.05, 4.69) is 4.98 Å². The summed E-state index contributed by atoms with van der Waals surface area (Å²) in [7, 11) is 0. The molecule has 0 saturated carbocycles. The fourth-order valence-corrected chi connectivity index (χ4v) is 1.32. The van der Waals surface area contributed by atoms with Crippen LogP contribution in [0.25, 0.3) is 5.65 Å². The van der Waals surface area contributed by atoms with Crippen LogP contribution in [0, 0.1) is 11.3 Å². The number of aromatic nitrogens is 2. The number of nitriles is 1. The van der Waals surface area contributed by atoms with Crippen molar-refractivity contribution in [1.29, 1.82) is 5.26 Å². The summed E-state index contributed by atoms with van der Waals surface area (Å²) in [6.45, 7) is 0. The highest BCUT2D eigenvalue weighted by Crippen LogP contribution is 2.16. The summed E-state index contributed by atoms with van der Waals surface area (Å²) in [4.78, 5) is 4.02. The normalized spacial score (nSPS) is 10.0. The second kappa shape index (κ2) is 2.50. The number of pyridine rings is 1. The van der Waals surface area contributed by atoms with Gasteiger partial charge in [-0.3, -0.25) is 0 Å². The number of nitrogens with zero attached hydrogens (tertiary/aromatic N) is 3. The Hall–Kier alpha value is -1.53. The molecule has 0 fully saturated rings. The summed E-state index contributed by atoms with van der Waals surface area (Å²) in [5, 5.41) is 9.12. The molecule has 0 N–H and O–H groups in total. The number of hydrogen-bond acceptors (Lipinski definition) is 2. The third-order valence-electron chi connectivity index (χ3n) is 1.57. The first kappa shape index (κ1) is 7.14. The Morgan fingerprint density at radius 3 is 3.17 bits per heavy atom. The van der Waals surface area contributed by atoms with E-state index in [9.17, 15) is 0 Å². The Kier molecular flexibility index (Phi) is 1.49. The van der Waals surface area contributed by atoms with E-state index in [1.165, 1.54) is 0 Å². The molecule has 4 heteroatoms. The molecule has 12 heavy (non-hydrogen) atoms. The maximum absolute atomic E-state index is 8.62. The molecule has 0 amide bonds. The van der Waals surface area contributed by atoms with Gasteiger partial charge in [0.2, 0.25) is 0 Å². The van der Waals surface area contributed by atoms with Gasteiger partial charge in [-0.25, -0.2) is 4.98 Å². The summed E-state index contributed by atoms with van der Waals surface area (Å²) >= 11 is 5.85. The van der Waals surface area contributed by atoms with Crippen molar-refractivity contribution >= 4 is 17.2 Å². The van der Waals surface area contributed by atoms with Crippen molar-refractivity contribution in [3.8, 4) is 6.07 Å². The minimum atomic E-state index is 0.499. The molecule has 0 aliphatic heterocycles. The fourth-order valence-electron chi connectivity index (χ4n) is 1.05. The molecule has 0 unspecified atom stereocenters. The standard InChI is InChI=1S/C8H4ClN3/c9-7-3-6(4-10)5-12-2-1-11-8(7)12/h1-3,5H. The second-order valence-electron chi connectivity index (χ2n) is 2.35. The average Bonchev–Trinajstić information content (AvgIpc) is 2.52. The number of rotatable bonds is 0. The maximum atomic E-state index is 8.62. The van der Waals surface area contributed by atoms with E-state index >= 15 is 0 Å². The Morgan fingerprint density at radius 2 is 2.42 bits per heavy atom. The van der Waals surface area contributed by atoms with Gasteiger partial charge in [0.15, 0.2) is 5.65 Å². The van der Waals surface area contributed by atoms with Gasteiger partial charge in [-0.15, -0.1) is 0 Å². The SMILES string of the molecule is N#Cc1cc(Cl)c2nccn2c1. The highest BCUT2D eigenvalue weighted by molar-refractivity contribution is 6.33. The zero-order chi connectivity index (χ0) is 8.55. The molecule has 0 aliphatic rings. The third kappa shape index (κ3) is 0.936. The zero-order valence-electron chi connectivity index (χ0n) is 6.03. The van der Waals surface area contributed by atoms with Crippen molar-refractivity contribution in [1.82, 2.24) is 9.38 Å². The maximum Gasteiger partial charge on any atom is 0.155 e. The van der Waals surface area contributed by atoms with Crippen LogP contribution in [0.5, 0.6) is 0 Å². The van der Waals surface area contributed by atoms with Gasteiger partial charge in [0, 0.05) is 18.6 Å². The lowest BCUT2D eigenvalue weighted by Crippen LogP contribution is -1.86. The van der Waals surface area contributed by atoms with Crippen LogP contribution in [0.15, 0.2) is 24.7 Å². The van der Waals surface area contributed by atoms with Crippen molar-refractivity contribution in [3.05, 3.63) is 35.2 Å². The molecule has 2 heterocycles. The molecule has 0 aliphatic carbocycles. The first-order valence-corrected chi connectivity index (χ1v) is 3.71. The number of halogens is 1. The van der Waals surface area contributed by atoms with Crippen LogP contribution in [0.3, 0.4) is 0 Å². The highest BCUT2D eigenvalue weighted by atomic mass is 35.5. The van der Waals surface area contributed by atoms with Gasteiger partial charge in [0.05, 0.1) is 10.6 Å². The lowest BCUT2D eigenvalue weighted by atomic mass is 10.3. The van der Waals surface area contributed by atoms with E-state index in [0.717, 1.165) is 0 Å². The van der Waals surface area contributed by atoms with Crippen LogP contribution in [0.1, 0.15) is 5.56 Å². The van der Waals surface area contributed by atoms with Crippen LogP contribution in [-0.2, 0) is 0 Å². The Morgan fingerprint density at radius 1 is 1.58 bits per heavy atom. The largest absolute Gasteiger partial charge is 0.305 e. The first-order valence-electron chi connectivity index (χ1n) is 3.33. The van der Waals surface area contributed by atoms with E-state index in [1.807, 2.05) is 6.07 Å². The predicted octanol–water partition coefficient (Wildman–Crippen LogP) is 1.86. The van der Waals surface area contributed by atoms with Crippen molar-refractivity contribution in [3.63, 3.8) is 0 Å². The van der Waals surface area contributed by atoms with Gasteiger partial charge in [-0.2, -0.15) is 5.26 Å². The van der Waals surface area contributed by atoms with Crippen molar-refractivity contribution in [2.45, 2.75) is 0 Å². The van der Waals surface area contributed by atoms with Crippen LogP contribution in [-0.4, -0.2) is 9.38 Å². The molecule has 0 atom stereocenters. The molecule has 3 nitrogen and oxygen atoms in total. The number of hydrogen-bond donors (Lipinski definition) is 0. The van der Waals surface area contributed by atoms with Gasteiger partial charge in [0.25, 0.3) is 0 Å². The van der Waals surface area contributed by atoms with Gasteiger partial charge >= 0.3 is 0 Å². The van der Waals surface area contributed by atoms with Gasteiger partial charge in [-0.05, 0) is 6.07 Å². The van der Waals surface area contributed by atoms with Crippen molar-refractivity contribution < 1.29 is 0 Å². The highest BCUT2D eigenvalue weighted by Gasteiger charge is 2.01. The van der Waals surface area contributed by atoms with E-state index in [0.29, 0.717) is 16.2 Å². The summed E-state index contributed by atoms with van der Waals surface area (Å²) in [5.74, 6) is 0. The summed E-state index contributed by atoms with van der Waals surface area (Å²) in [5.41, 5.74) is 1.21. The van der Waals surface area contributed by atoms with Crippen molar-refractivity contribution in [2.75, 3.05) is 0 Å². The van der Waals surface area contributed by atoms with Gasteiger partial charge < -0.3 is 4.40 Å². The molecule has 0 saturated heterocycles. The molecule has 0 radical (unpaired) electrons. The third-order valence-corrected chi connectivity index (χ3v) is 1.85. The van der Waals surface area contributed by atoms with Crippen LogP contribution in [0.2, 0.25) is 5.02 Å². The van der Waals surface area contributed by atoms with E-state index in [4.69, 9.17) is 16.9 Å². The number of imidazole rings is 1. The zero-order valence-corrected chi connectivity index (χ0v) is 6.78. The molecule has 2 aromatic heterocycles. The molecule has 0 aromatic carbocycles. The molecule has 2 rings (SSSR count). The first-order chi connectivity index (χ1) is 5.81. The monoisotopic (exact) mass is 177 g/mol. The van der Waals surface area contributed by atoms with E-state index < -0.39 is 0 Å². The van der Waals surface area contributed by atoms with Gasteiger partial charge in [0.1, 0.15) is 6.07 Å². The molecule has 58 valence electrons. The quantitative estimate of drug-likeness (QED) is 0.616. The fraction of sp³-hybridized carbons (Fsp3) is 0. The van der Waals surface area contributed by atoms with Crippen LogP contribution < -0.4 is 0 Å². The van der Waals surface area contributed by atoms with E-state index in [-0.39, 0.29) is 0 Å². The topological polar surface area (TPSA) is 41.1 Å². The Bertz CT molecular complexity index is 467. The Balaban J connectivity index is 2.86. The lowest BCUT2D eigenvalue weighted by molar-refractivity contribution is 1.17. The number of fused-ring (bicyclic) bond motifs is 1. The summed E-state index contributed by atoms with van der Waals surface area (Å²) < 4.78 is 1.72. The minimum Gasteiger partial charge on any atom is -0.305 e. The Labute approximate surface area is 73.8 Å². The second-order valence-corrected chi connectivity index (χ2v) is 2.75. The molecule has 0 spiro atoms. The summed E-state index contributed by atoms with van der Waals surface area (Å²) in [6.07, 6.45) is 5.08. The van der Waals surface area contributed by atoms with E-state index in [1.54, 1.807) is 29.1 Å². The summed E-state index contributed by atoms with van der Waals surface area (Å²) in [6, 6.07) is 3.62. The van der Waals surface area contributed by atoms with Crippen LogP contribution >= 0.6 is 11.6 Å². The van der Waals surface area contributed by atoms with Crippen molar-refractivity contribution in [2.24, 2.45) is 0 Å². The van der Waals surface area contributed by atoms with Crippen LogP contribution in [0.4, 0.5) is 0 Å². The average molecular weight is 178 g/mol. The molecular formula is C8H4ClN3. The smallest absolute Gasteiger partial charge is 0.155 e. The molecular weight excluding hydrogens is 174 g/mol.